The second-order valence-electron chi connectivity index (χ2n) is 7.91. The second-order valence-corrected chi connectivity index (χ2v) is 7.91. The first-order valence-electron chi connectivity index (χ1n) is 10.6. The highest BCUT2D eigenvalue weighted by Gasteiger charge is 2.32. The Balaban J connectivity index is 3.02. The summed E-state index contributed by atoms with van der Waals surface area (Å²) in [6.45, 7) is 4.99. The van der Waals surface area contributed by atoms with E-state index in [1.54, 1.807) is 13.8 Å². The number of rotatable bonds is 14. The van der Waals surface area contributed by atoms with Crippen molar-refractivity contribution in [1.29, 1.82) is 0 Å². The number of aromatic nitrogens is 2. The first-order chi connectivity index (χ1) is 15.5. The predicted molar refractivity (Wildman–Crippen MR) is 117 cm³/mol. The Hall–Kier alpha value is -3.48. The molecule has 0 fully saturated rings. The molecule has 33 heavy (non-hydrogen) atoms. The van der Waals surface area contributed by atoms with Crippen molar-refractivity contribution in [2.45, 2.75) is 70.6 Å². The standard InChI is InChI=1S/C20H33N7O6/c1-4-10(2)16(19(31)25-13(20(32)33)5-6-15(22)28)27-18(30)14(26-17(29)11(3)21)7-12-8-23-9-24-12/h8-11,13-14,16H,4-7,21H2,1-3H3,(H2,22,28)(H,23,24)(H,25,31)(H,26,29)(H,27,30)(H,32,33). The van der Waals surface area contributed by atoms with Crippen LogP contribution in [-0.4, -0.2) is 68.8 Å². The number of nitrogens with zero attached hydrogens (tertiary/aromatic N) is 1. The zero-order valence-corrected chi connectivity index (χ0v) is 19.0. The maximum absolute atomic E-state index is 13.0. The zero-order valence-electron chi connectivity index (χ0n) is 19.0. The molecule has 5 unspecified atom stereocenters. The number of nitrogens with two attached hydrogens (primary N) is 2. The minimum atomic E-state index is -1.35. The largest absolute Gasteiger partial charge is 0.480 e. The highest BCUT2D eigenvalue weighted by atomic mass is 16.4. The Bertz CT molecular complexity index is 827. The molecule has 0 aliphatic heterocycles. The van der Waals surface area contributed by atoms with Gasteiger partial charge >= 0.3 is 5.97 Å². The van der Waals surface area contributed by atoms with Crippen molar-refractivity contribution < 1.29 is 29.1 Å². The Morgan fingerprint density at radius 1 is 1.06 bits per heavy atom. The van der Waals surface area contributed by atoms with Gasteiger partial charge in [0.15, 0.2) is 0 Å². The Kier molecular flexibility index (Phi) is 11.0. The number of carbonyl (C=O) groups is 5. The highest BCUT2D eigenvalue weighted by molar-refractivity contribution is 5.94. The Morgan fingerprint density at radius 3 is 2.18 bits per heavy atom. The van der Waals surface area contributed by atoms with Crippen LogP contribution in [0.3, 0.4) is 0 Å². The lowest BCUT2D eigenvalue weighted by molar-refractivity contribution is -0.143. The summed E-state index contributed by atoms with van der Waals surface area (Å²) in [5.74, 6) is -4.33. The van der Waals surface area contributed by atoms with Gasteiger partial charge in [0.25, 0.3) is 0 Å². The van der Waals surface area contributed by atoms with Gasteiger partial charge in [0.1, 0.15) is 18.1 Å². The molecule has 0 saturated carbocycles. The zero-order chi connectivity index (χ0) is 25.1. The smallest absolute Gasteiger partial charge is 0.326 e. The molecule has 5 atom stereocenters. The molecular weight excluding hydrogens is 434 g/mol. The number of amides is 4. The molecule has 184 valence electrons. The number of aromatic amines is 1. The average molecular weight is 468 g/mol. The van der Waals surface area contributed by atoms with Crippen LogP contribution in [0.1, 0.15) is 45.7 Å². The van der Waals surface area contributed by atoms with Crippen LogP contribution >= 0.6 is 0 Å². The number of imidazole rings is 1. The third kappa shape index (κ3) is 9.27. The van der Waals surface area contributed by atoms with Crippen LogP contribution in [0.2, 0.25) is 0 Å². The summed E-state index contributed by atoms with van der Waals surface area (Å²) in [7, 11) is 0. The molecule has 9 N–H and O–H groups in total. The lowest BCUT2D eigenvalue weighted by atomic mass is 9.96. The maximum Gasteiger partial charge on any atom is 0.326 e. The molecular formula is C20H33N7O6. The second kappa shape index (κ2) is 13.2. The van der Waals surface area contributed by atoms with Gasteiger partial charge in [-0.25, -0.2) is 9.78 Å². The minimum Gasteiger partial charge on any atom is -0.480 e. The van der Waals surface area contributed by atoms with Crippen LogP contribution in [0.15, 0.2) is 12.5 Å². The van der Waals surface area contributed by atoms with Gasteiger partial charge in [0.2, 0.25) is 23.6 Å². The molecule has 0 aliphatic rings. The molecule has 4 amide bonds. The van der Waals surface area contributed by atoms with E-state index in [9.17, 15) is 29.1 Å². The van der Waals surface area contributed by atoms with E-state index in [0.717, 1.165) is 0 Å². The quantitative estimate of drug-likeness (QED) is 0.164. The Labute approximate surface area is 191 Å². The van der Waals surface area contributed by atoms with Gasteiger partial charge < -0.3 is 37.5 Å². The van der Waals surface area contributed by atoms with Crippen LogP contribution in [0.5, 0.6) is 0 Å². The van der Waals surface area contributed by atoms with Crippen molar-refractivity contribution in [2.75, 3.05) is 0 Å². The fraction of sp³-hybridized carbons (Fsp3) is 0.600. The highest BCUT2D eigenvalue weighted by Crippen LogP contribution is 2.11. The summed E-state index contributed by atoms with van der Waals surface area (Å²) in [6.07, 6.45) is 3.06. The summed E-state index contributed by atoms with van der Waals surface area (Å²) in [5.41, 5.74) is 11.2. The number of primary amides is 1. The molecule has 1 rings (SSSR count). The number of hydrogen-bond donors (Lipinski definition) is 7. The van der Waals surface area contributed by atoms with E-state index >= 15 is 0 Å². The van der Waals surface area contributed by atoms with Gasteiger partial charge in [-0.2, -0.15) is 0 Å². The van der Waals surface area contributed by atoms with Crippen molar-refractivity contribution in [3.8, 4) is 0 Å². The maximum atomic E-state index is 13.0. The molecule has 0 bridgehead atoms. The molecule has 13 heteroatoms. The fourth-order valence-corrected chi connectivity index (χ4v) is 2.89. The van der Waals surface area contributed by atoms with Gasteiger partial charge in [-0.1, -0.05) is 20.3 Å². The van der Waals surface area contributed by atoms with E-state index < -0.39 is 53.8 Å². The number of carboxylic acid groups (broad SMARTS) is 1. The third-order valence-corrected chi connectivity index (χ3v) is 5.11. The third-order valence-electron chi connectivity index (χ3n) is 5.11. The summed E-state index contributed by atoms with van der Waals surface area (Å²) >= 11 is 0. The van der Waals surface area contributed by atoms with Crippen LogP contribution in [-0.2, 0) is 30.4 Å². The number of H-pyrrole nitrogens is 1. The molecule has 0 aromatic carbocycles. The van der Waals surface area contributed by atoms with Crippen LogP contribution < -0.4 is 27.4 Å². The number of carbonyl (C=O) groups excluding carboxylic acids is 4. The molecule has 0 saturated heterocycles. The molecule has 0 spiro atoms. The van der Waals surface area contributed by atoms with Gasteiger partial charge in [-0.15, -0.1) is 0 Å². The molecule has 1 aromatic heterocycles. The normalized spacial score (nSPS) is 15.4. The Morgan fingerprint density at radius 2 is 1.70 bits per heavy atom. The predicted octanol–water partition coefficient (Wildman–Crippen LogP) is -1.85. The van der Waals surface area contributed by atoms with Crippen LogP contribution in [0, 0.1) is 5.92 Å². The van der Waals surface area contributed by atoms with Gasteiger partial charge in [0.05, 0.1) is 12.4 Å². The van der Waals surface area contributed by atoms with E-state index in [1.165, 1.54) is 19.4 Å². The molecule has 1 heterocycles. The topological polar surface area (TPSA) is 222 Å². The van der Waals surface area contributed by atoms with Crippen molar-refractivity contribution in [2.24, 2.45) is 17.4 Å². The number of carboxylic acids is 1. The van der Waals surface area contributed by atoms with Gasteiger partial charge in [-0.3, -0.25) is 19.2 Å². The lowest BCUT2D eigenvalue weighted by Gasteiger charge is -2.28. The van der Waals surface area contributed by atoms with E-state index in [2.05, 4.69) is 25.9 Å². The molecule has 0 radical (unpaired) electrons. The molecule has 0 aliphatic carbocycles. The first-order valence-corrected chi connectivity index (χ1v) is 10.6. The van der Waals surface area contributed by atoms with E-state index in [-0.39, 0.29) is 25.2 Å². The van der Waals surface area contributed by atoms with Crippen molar-refractivity contribution >= 4 is 29.6 Å². The van der Waals surface area contributed by atoms with E-state index in [0.29, 0.717) is 12.1 Å². The summed E-state index contributed by atoms with van der Waals surface area (Å²) in [4.78, 5) is 67.2. The van der Waals surface area contributed by atoms with Crippen molar-refractivity contribution in [3.63, 3.8) is 0 Å². The molecule has 1 aromatic rings. The number of hydrogen-bond acceptors (Lipinski definition) is 7. The van der Waals surface area contributed by atoms with Crippen molar-refractivity contribution in [3.05, 3.63) is 18.2 Å². The van der Waals surface area contributed by atoms with E-state index in [1.807, 2.05) is 0 Å². The van der Waals surface area contributed by atoms with Crippen LogP contribution in [0.4, 0.5) is 0 Å². The average Bonchev–Trinajstić information content (AvgIpc) is 3.26. The number of aliphatic carboxylic acids is 1. The van der Waals surface area contributed by atoms with Gasteiger partial charge in [0, 0.05) is 24.7 Å². The lowest BCUT2D eigenvalue weighted by Crippen LogP contribution is -2.59. The first kappa shape index (κ1) is 27.6. The van der Waals surface area contributed by atoms with Crippen LogP contribution in [0.25, 0.3) is 0 Å². The summed E-state index contributed by atoms with van der Waals surface area (Å²) in [6, 6.07) is -4.37. The summed E-state index contributed by atoms with van der Waals surface area (Å²) in [5, 5.41) is 16.9. The fourth-order valence-electron chi connectivity index (χ4n) is 2.89. The number of nitrogens with one attached hydrogen (secondary N) is 4. The molecule has 13 nitrogen and oxygen atoms in total. The monoisotopic (exact) mass is 467 g/mol. The SMILES string of the molecule is CCC(C)C(NC(=O)C(Cc1cnc[nH]1)NC(=O)C(C)N)C(=O)NC(CCC(N)=O)C(=O)O. The summed E-state index contributed by atoms with van der Waals surface area (Å²) < 4.78 is 0. The van der Waals surface area contributed by atoms with Crippen molar-refractivity contribution in [1.82, 2.24) is 25.9 Å². The minimum absolute atomic E-state index is 0.0650. The van der Waals surface area contributed by atoms with Gasteiger partial charge in [-0.05, 0) is 19.3 Å². The van der Waals surface area contributed by atoms with E-state index in [4.69, 9.17) is 11.5 Å².